The van der Waals surface area contributed by atoms with Crippen LogP contribution in [0, 0.1) is 17.3 Å². The van der Waals surface area contributed by atoms with Gasteiger partial charge in [-0.05, 0) is 67.0 Å². The molecule has 2 aliphatic carbocycles. The molecule has 1 aromatic rings. The Balaban J connectivity index is 1.78. The molecule has 0 radical (unpaired) electrons. The first-order valence-corrected chi connectivity index (χ1v) is 7.16. The van der Waals surface area contributed by atoms with Crippen LogP contribution in [0.1, 0.15) is 30.4 Å². The van der Waals surface area contributed by atoms with E-state index in [9.17, 15) is 0 Å². The molecule has 1 saturated carbocycles. The van der Waals surface area contributed by atoms with Crippen molar-refractivity contribution in [3.05, 3.63) is 35.4 Å². The van der Waals surface area contributed by atoms with Gasteiger partial charge in [-0.3, -0.25) is 0 Å². The molecule has 1 spiro atoms. The van der Waals surface area contributed by atoms with E-state index in [1.165, 1.54) is 45.2 Å². The summed E-state index contributed by atoms with van der Waals surface area (Å²) < 4.78 is 0. The molecule has 1 heteroatoms. The highest BCUT2D eigenvalue weighted by atomic mass is 14.9. The summed E-state index contributed by atoms with van der Waals surface area (Å²) in [5.74, 6) is 1.90. The van der Waals surface area contributed by atoms with E-state index in [0.717, 1.165) is 11.8 Å². The van der Waals surface area contributed by atoms with Gasteiger partial charge in [-0.1, -0.05) is 24.3 Å². The van der Waals surface area contributed by atoms with E-state index in [0.29, 0.717) is 5.41 Å². The zero-order valence-corrected chi connectivity index (χ0v) is 10.4. The maximum absolute atomic E-state index is 3.64. The minimum absolute atomic E-state index is 0.652. The van der Waals surface area contributed by atoms with Crippen LogP contribution in [0.5, 0.6) is 0 Å². The first-order chi connectivity index (χ1) is 8.38. The second kappa shape index (κ2) is 3.58. The monoisotopic (exact) mass is 227 g/mol. The Bertz CT molecular complexity index is 396. The van der Waals surface area contributed by atoms with Crippen LogP contribution in [0.2, 0.25) is 0 Å². The van der Waals surface area contributed by atoms with Crippen LogP contribution < -0.4 is 5.32 Å². The zero-order valence-electron chi connectivity index (χ0n) is 10.4. The van der Waals surface area contributed by atoms with Gasteiger partial charge in [0.1, 0.15) is 0 Å². The van der Waals surface area contributed by atoms with E-state index in [1.807, 2.05) is 0 Å². The van der Waals surface area contributed by atoms with Gasteiger partial charge in [0.25, 0.3) is 0 Å². The van der Waals surface area contributed by atoms with Gasteiger partial charge in [0.15, 0.2) is 0 Å². The molecule has 2 fully saturated rings. The molecule has 2 atom stereocenters. The van der Waals surface area contributed by atoms with Crippen molar-refractivity contribution in [1.29, 1.82) is 0 Å². The Morgan fingerprint density at radius 1 is 1.00 bits per heavy atom. The second-order valence-electron chi connectivity index (χ2n) is 6.31. The van der Waals surface area contributed by atoms with E-state index in [-0.39, 0.29) is 0 Å². The molecule has 1 heterocycles. The topological polar surface area (TPSA) is 12.0 Å². The molecule has 1 aliphatic heterocycles. The minimum Gasteiger partial charge on any atom is -0.316 e. The van der Waals surface area contributed by atoms with E-state index in [1.54, 1.807) is 11.1 Å². The van der Waals surface area contributed by atoms with Crippen molar-refractivity contribution < 1.29 is 0 Å². The Morgan fingerprint density at radius 3 is 2.18 bits per heavy atom. The number of benzene rings is 1. The summed E-state index contributed by atoms with van der Waals surface area (Å²) in [6.07, 6.45) is 7.06. The van der Waals surface area contributed by atoms with Crippen LogP contribution in [0.15, 0.2) is 24.3 Å². The van der Waals surface area contributed by atoms with Gasteiger partial charge in [-0.25, -0.2) is 0 Å². The van der Waals surface area contributed by atoms with Gasteiger partial charge in [0.2, 0.25) is 0 Å². The van der Waals surface area contributed by atoms with Gasteiger partial charge in [-0.15, -0.1) is 0 Å². The molecule has 90 valence electrons. The number of nitrogens with one attached hydrogen (secondary N) is 1. The number of fused-ring (bicyclic) bond motifs is 1. The lowest BCUT2D eigenvalue weighted by molar-refractivity contribution is 0.163. The molecule has 1 saturated heterocycles. The minimum atomic E-state index is 0.652. The third-order valence-corrected chi connectivity index (χ3v) is 5.76. The lowest BCUT2D eigenvalue weighted by Crippen LogP contribution is -2.34. The lowest BCUT2D eigenvalue weighted by atomic mass is 9.70. The van der Waals surface area contributed by atoms with Gasteiger partial charge in [-0.2, -0.15) is 0 Å². The summed E-state index contributed by atoms with van der Waals surface area (Å²) in [5, 5.41) is 3.64. The molecule has 1 N–H and O–H groups in total. The third-order valence-electron chi connectivity index (χ3n) is 5.76. The normalized spacial score (nSPS) is 39.3. The molecule has 17 heavy (non-hydrogen) atoms. The van der Waals surface area contributed by atoms with E-state index >= 15 is 0 Å². The molecule has 2 unspecified atom stereocenters. The highest BCUT2D eigenvalue weighted by Crippen LogP contribution is 2.55. The number of hydrogen-bond acceptors (Lipinski definition) is 1. The smallest absolute Gasteiger partial charge is 0.00138 e. The average molecular weight is 227 g/mol. The molecule has 1 aromatic carbocycles. The molecular weight excluding hydrogens is 206 g/mol. The van der Waals surface area contributed by atoms with E-state index in [2.05, 4.69) is 29.6 Å². The molecule has 0 aromatic heterocycles. The predicted octanol–water partition coefficient (Wildman–Crippen LogP) is 2.79. The van der Waals surface area contributed by atoms with Crippen molar-refractivity contribution in [3.63, 3.8) is 0 Å². The quantitative estimate of drug-likeness (QED) is 0.718. The summed E-state index contributed by atoms with van der Waals surface area (Å²) in [4.78, 5) is 0. The van der Waals surface area contributed by atoms with Crippen molar-refractivity contribution in [1.82, 2.24) is 5.32 Å². The number of rotatable bonds is 0. The van der Waals surface area contributed by atoms with Crippen molar-refractivity contribution in [3.8, 4) is 0 Å². The predicted molar refractivity (Wildman–Crippen MR) is 70.0 cm³/mol. The van der Waals surface area contributed by atoms with E-state index in [4.69, 9.17) is 0 Å². The highest BCUT2D eigenvalue weighted by molar-refractivity contribution is 5.31. The van der Waals surface area contributed by atoms with Crippen LogP contribution in [0.3, 0.4) is 0 Å². The molecule has 2 bridgehead atoms. The molecule has 4 rings (SSSR count). The Labute approximate surface area is 104 Å². The van der Waals surface area contributed by atoms with Crippen molar-refractivity contribution >= 4 is 0 Å². The fourth-order valence-electron chi connectivity index (χ4n) is 4.84. The summed E-state index contributed by atoms with van der Waals surface area (Å²) in [6.45, 7) is 2.54. The Kier molecular flexibility index (Phi) is 2.14. The first-order valence-electron chi connectivity index (χ1n) is 7.16. The summed E-state index contributed by atoms with van der Waals surface area (Å²) >= 11 is 0. The molecular formula is C16H21N. The maximum atomic E-state index is 3.64. The lowest BCUT2D eigenvalue weighted by Gasteiger charge is -2.34. The average Bonchev–Trinajstić information content (AvgIpc) is 2.88. The van der Waals surface area contributed by atoms with Crippen molar-refractivity contribution in [2.24, 2.45) is 17.3 Å². The first kappa shape index (κ1) is 10.1. The van der Waals surface area contributed by atoms with Crippen LogP contribution in [-0.4, -0.2) is 13.1 Å². The summed E-state index contributed by atoms with van der Waals surface area (Å²) in [6, 6.07) is 9.17. The van der Waals surface area contributed by atoms with Gasteiger partial charge in [0, 0.05) is 6.54 Å². The van der Waals surface area contributed by atoms with Gasteiger partial charge < -0.3 is 5.32 Å². The van der Waals surface area contributed by atoms with Crippen molar-refractivity contribution in [2.75, 3.05) is 13.1 Å². The maximum Gasteiger partial charge on any atom is 0.00138 e. The SMILES string of the molecule is c1ccc2c(c1)CC1CCC(C2)C12CCNC2. The molecule has 0 amide bonds. The fraction of sp³-hybridized carbons (Fsp3) is 0.625. The fourth-order valence-corrected chi connectivity index (χ4v) is 4.84. The van der Waals surface area contributed by atoms with Crippen LogP contribution in [0.4, 0.5) is 0 Å². The summed E-state index contributed by atoms with van der Waals surface area (Å²) in [7, 11) is 0. The highest BCUT2D eigenvalue weighted by Gasteiger charge is 2.52. The summed E-state index contributed by atoms with van der Waals surface area (Å²) in [5.41, 5.74) is 3.94. The zero-order chi connectivity index (χ0) is 11.3. The second-order valence-corrected chi connectivity index (χ2v) is 6.31. The van der Waals surface area contributed by atoms with Crippen LogP contribution in [0.25, 0.3) is 0 Å². The van der Waals surface area contributed by atoms with Gasteiger partial charge in [0.05, 0.1) is 0 Å². The van der Waals surface area contributed by atoms with Crippen LogP contribution >= 0.6 is 0 Å². The Morgan fingerprint density at radius 2 is 1.65 bits per heavy atom. The Hall–Kier alpha value is -0.820. The standard InChI is InChI=1S/C16H21N/c1-2-4-13-10-15-6-5-14(9-12(13)3-1)16(15)7-8-17-11-16/h1-4,14-15,17H,5-11H2. The van der Waals surface area contributed by atoms with E-state index < -0.39 is 0 Å². The molecule has 3 aliphatic rings. The molecule has 1 nitrogen and oxygen atoms in total. The largest absolute Gasteiger partial charge is 0.316 e. The third kappa shape index (κ3) is 1.35. The van der Waals surface area contributed by atoms with Gasteiger partial charge >= 0.3 is 0 Å². The van der Waals surface area contributed by atoms with Crippen LogP contribution in [-0.2, 0) is 12.8 Å². The van der Waals surface area contributed by atoms with Crippen molar-refractivity contribution in [2.45, 2.75) is 32.1 Å². The number of hydrogen-bond donors (Lipinski definition) is 1.